The van der Waals surface area contributed by atoms with E-state index in [0.717, 1.165) is 6.07 Å². The van der Waals surface area contributed by atoms with Gasteiger partial charge in [-0.15, -0.1) is 0 Å². The molecule has 9 heteroatoms. The summed E-state index contributed by atoms with van der Waals surface area (Å²) < 4.78 is 32.1. The van der Waals surface area contributed by atoms with E-state index >= 15 is 0 Å². The first-order valence-corrected chi connectivity index (χ1v) is 8.29. The molecule has 2 unspecified atom stereocenters. The van der Waals surface area contributed by atoms with Crippen molar-refractivity contribution < 1.29 is 18.1 Å². The SMILES string of the molecule is COc1ccc([N+](=O)[O-])cc1S(=O)(=O)N1CC(CN)CC1C. The largest absolute Gasteiger partial charge is 0.495 e. The Morgan fingerprint density at radius 1 is 1.50 bits per heavy atom. The van der Waals surface area contributed by atoms with Gasteiger partial charge in [-0.1, -0.05) is 0 Å². The van der Waals surface area contributed by atoms with Crippen molar-refractivity contribution in [3.63, 3.8) is 0 Å². The zero-order valence-electron chi connectivity index (χ0n) is 12.4. The van der Waals surface area contributed by atoms with Gasteiger partial charge in [0, 0.05) is 24.7 Å². The van der Waals surface area contributed by atoms with Gasteiger partial charge in [-0.2, -0.15) is 4.31 Å². The Kier molecular flexibility index (Phi) is 4.69. The smallest absolute Gasteiger partial charge is 0.271 e. The molecular weight excluding hydrogens is 310 g/mol. The summed E-state index contributed by atoms with van der Waals surface area (Å²) in [6.07, 6.45) is 0.674. The molecule has 0 bridgehead atoms. The topological polar surface area (TPSA) is 116 Å². The van der Waals surface area contributed by atoms with Crippen LogP contribution in [0.4, 0.5) is 5.69 Å². The molecule has 2 N–H and O–H groups in total. The van der Waals surface area contributed by atoms with E-state index in [1.54, 1.807) is 6.92 Å². The zero-order valence-corrected chi connectivity index (χ0v) is 13.2. The van der Waals surface area contributed by atoms with E-state index < -0.39 is 14.9 Å². The highest BCUT2D eigenvalue weighted by Gasteiger charge is 2.39. The number of nitro groups is 1. The van der Waals surface area contributed by atoms with E-state index in [4.69, 9.17) is 10.5 Å². The first-order chi connectivity index (χ1) is 10.3. The molecular formula is C13H19N3O5S. The molecule has 2 atom stereocenters. The minimum Gasteiger partial charge on any atom is -0.495 e. The quantitative estimate of drug-likeness (QED) is 0.635. The molecule has 1 aliphatic heterocycles. The number of methoxy groups -OCH3 is 1. The van der Waals surface area contributed by atoms with Crippen molar-refractivity contribution in [1.82, 2.24) is 4.31 Å². The number of ether oxygens (including phenoxy) is 1. The summed E-state index contributed by atoms with van der Waals surface area (Å²) in [4.78, 5) is 10.1. The van der Waals surface area contributed by atoms with E-state index in [2.05, 4.69) is 0 Å². The van der Waals surface area contributed by atoms with Crippen molar-refractivity contribution in [2.24, 2.45) is 11.7 Å². The Morgan fingerprint density at radius 3 is 2.68 bits per heavy atom. The number of nitro benzene ring substituents is 1. The Bertz CT molecular complexity index is 676. The van der Waals surface area contributed by atoms with Crippen LogP contribution in [0.1, 0.15) is 13.3 Å². The fourth-order valence-corrected chi connectivity index (χ4v) is 4.62. The third kappa shape index (κ3) is 2.92. The molecule has 0 aliphatic carbocycles. The van der Waals surface area contributed by atoms with Crippen LogP contribution in [-0.4, -0.2) is 43.9 Å². The minimum atomic E-state index is -3.88. The number of rotatable bonds is 5. The zero-order chi connectivity index (χ0) is 16.5. The summed E-state index contributed by atoms with van der Waals surface area (Å²) in [6, 6.07) is 3.35. The molecule has 1 aromatic carbocycles. The van der Waals surface area contributed by atoms with E-state index in [-0.39, 0.29) is 28.3 Å². The Labute approximate surface area is 129 Å². The highest BCUT2D eigenvalue weighted by Crippen LogP contribution is 2.35. The predicted molar refractivity (Wildman–Crippen MR) is 80.2 cm³/mol. The van der Waals surface area contributed by atoms with Crippen molar-refractivity contribution in [1.29, 1.82) is 0 Å². The molecule has 2 rings (SSSR count). The van der Waals surface area contributed by atoms with Gasteiger partial charge in [0.2, 0.25) is 10.0 Å². The monoisotopic (exact) mass is 329 g/mol. The second-order valence-corrected chi connectivity index (χ2v) is 7.21. The number of nitrogens with two attached hydrogens (primary N) is 1. The molecule has 1 fully saturated rings. The molecule has 0 spiro atoms. The average molecular weight is 329 g/mol. The van der Waals surface area contributed by atoms with Crippen LogP contribution in [0.5, 0.6) is 5.75 Å². The van der Waals surface area contributed by atoms with Crippen LogP contribution in [0.3, 0.4) is 0 Å². The lowest BCUT2D eigenvalue weighted by molar-refractivity contribution is -0.385. The second-order valence-electron chi connectivity index (χ2n) is 5.35. The van der Waals surface area contributed by atoms with E-state index in [1.165, 1.54) is 23.5 Å². The molecule has 0 saturated carbocycles. The van der Waals surface area contributed by atoms with Crippen molar-refractivity contribution in [2.45, 2.75) is 24.3 Å². The number of nitrogens with zero attached hydrogens (tertiary/aromatic N) is 2. The van der Waals surface area contributed by atoms with Gasteiger partial charge < -0.3 is 10.5 Å². The van der Waals surface area contributed by atoms with Gasteiger partial charge in [-0.25, -0.2) is 8.42 Å². The van der Waals surface area contributed by atoms with E-state index in [9.17, 15) is 18.5 Å². The number of benzene rings is 1. The normalized spacial score (nSPS) is 22.7. The maximum absolute atomic E-state index is 12.8. The van der Waals surface area contributed by atoms with Crippen LogP contribution in [0.2, 0.25) is 0 Å². The summed E-state index contributed by atoms with van der Waals surface area (Å²) in [5.41, 5.74) is 5.33. The highest BCUT2D eigenvalue weighted by atomic mass is 32.2. The second kappa shape index (κ2) is 6.19. The lowest BCUT2D eigenvalue weighted by Gasteiger charge is -2.22. The molecule has 1 aromatic rings. The van der Waals surface area contributed by atoms with Gasteiger partial charge in [0.25, 0.3) is 5.69 Å². The van der Waals surface area contributed by atoms with Gasteiger partial charge in [0.1, 0.15) is 10.6 Å². The maximum atomic E-state index is 12.8. The van der Waals surface area contributed by atoms with Crippen LogP contribution < -0.4 is 10.5 Å². The van der Waals surface area contributed by atoms with Crippen LogP contribution in [0.25, 0.3) is 0 Å². The summed E-state index contributed by atoms with van der Waals surface area (Å²) in [5, 5.41) is 10.9. The summed E-state index contributed by atoms with van der Waals surface area (Å²) in [6.45, 7) is 2.52. The first kappa shape index (κ1) is 16.7. The van der Waals surface area contributed by atoms with Crippen LogP contribution in [0.15, 0.2) is 23.1 Å². The molecule has 122 valence electrons. The molecule has 1 saturated heterocycles. The van der Waals surface area contributed by atoms with Crippen molar-refractivity contribution in [3.8, 4) is 5.75 Å². The highest BCUT2D eigenvalue weighted by molar-refractivity contribution is 7.89. The lowest BCUT2D eigenvalue weighted by atomic mass is 10.1. The number of non-ortho nitro benzene ring substituents is 1. The van der Waals surface area contributed by atoms with Crippen molar-refractivity contribution >= 4 is 15.7 Å². The number of sulfonamides is 1. The molecule has 22 heavy (non-hydrogen) atoms. The molecule has 1 heterocycles. The first-order valence-electron chi connectivity index (χ1n) is 6.85. The number of hydrogen-bond donors (Lipinski definition) is 1. The molecule has 0 aromatic heterocycles. The fraction of sp³-hybridized carbons (Fsp3) is 0.538. The Balaban J connectivity index is 2.49. The molecule has 8 nitrogen and oxygen atoms in total. The summed E-state index contributed by atoms with van der Waals surface area (Å²) >= 11 is 0. The van der Waals surface area contributed by atoms with Gasteiger partial charge >= 0.3 is 0 Å². The van der Waals surface area contributed by atoms with Crippen LogP contribution >= 0.6 is 0 Å². The lowest BCUT2D eigenvalue weighted by Crippen LogP contribution is -2.34. The van der Waals surface area contributed by atoms with E-state index in [1.807, 2.05) is 0 Å². The van der Waals surface area contributed by atoms with Crippen molar-refractivity contribution in [2.75, 3.05) is 20.2 Å². The van der Waals surface area contributed by atoms with E-state index in [0.29, 0.717) is 19.5 Å². The summed E-state index contributed by atoms with van der Waals surface area (Å²) in [5.74, 6) is 0.184. The number of hydrogen-bond acceptors (Lipinski definition) is 6. The summed E-state index contributed by atoms with van der Waals surface area (Å²) in [7, 11) is -2.55. The molecule has 1 aliphatic rings. The maximum Gasteiger partial charge on any atom is 0.271 e. The standard InChI is InChI=1S/C13H19N3O5S/c1-9-5-10(7-14)8-15(9)22(19,20)13-6-11(16(17)18)3-4-12(13)21-2/h3-4,6,9-10H,5,7-8,14H2,1-2H3. The molecule has 0 radical (unpaired) electrons. The van der Waals surface area contributed by atoms with Crippen LogP contribution in [-0.2, 0) is 10.0 Å². The van der Waals surface area contributed by atoms with Gasteiger partial charge in [-0.3, -0.25) is 10.1 Å². The predicted octanol–water partition coefficient (Wildman–Crippen LogP) is 0.961. The third-order valence-corrected chi connectivity index (χ3v) is 5.88. The molecule has 0 amide bonds. The minimum absolute atomic E-state index is 0.0917. The van der Waals surface area contributed by atoms with Gasteiger partial charge in [-0.05, 0) is 31.9 Å². The van der Waals surface area contributed by atoms with Crippen LogP contribution in [0, 0.1) is 16.0 Å². The van der Waals surface area contributed by atoms with Crippen molar-refractivity contribution in [3.05, 3.63) is 28.3 Å². The Hall–Kier alpha value is -1.71. The Morgan fingerprint density at radius 2 is 2.18 bits per heavy atom. The van der Waals surface area contributed by atoms with Gasteiger partial charge in [0.05, 0.1) is 12.0 Å². The average Bonchev–Trinajstić information content (AvgIpc) is 2.88. The fourth-order valence-electron chi connectivity index (χ4n) is 2.72. The van der Waals surface area contributed by atoms with Gasteiger partial charge in [0.15, 0.2) is 0 Å². The third-order valence-electron chi connectivity index (χ3n) is 3.88.